The standard InChI is InChI=1S/C15H14BrN5O2/c1-20-7-10(4-11(16)15(20)23)18-14(22)12-8-21-6-9(5-17)2-3-13(21)19-12/h2-4,6-8H,5,17H2,1H3,(H,18,22). The summed E-state index contributed by atoms with van der Waals surface area (Å²) in [4.78, 5) is 28.2. The van der Waals surface area contributed by atoms with Gasteiger partial charge in [0.2, 0.25) is 0 Å². The van der Waals surface area contributed by atoms with Crippen LogP contribution in [0.5, 0.6) is 0 Å². The van der Waals surface area contributed by atoms with Crippen LogP contribution < -0.4 is 16.6 Å². The molecule has 7 nitrogen and oxygen atoms in total. The van der Waals surface area contributed by atoms with Crippen LogP contribution >= 0.6 is 15.9 Å². The summed E-state index contributed by atoms with van der Waals surface area (Å²) < 4.78 is 3.52. The lowest BCUT2D eigenvalue weighted by atomic mass is 10.3. The highest BCUT2D eigenvalue weighted by atomic mass is 79.9. The van der Waals surface area contributed by atoms with Gasteiger partial charge in [0, 0.05) is 32.2 Å². The molecule has 3 N–H and O–H groups in total. The van der Waals surface area contributed by atoms with Crippen molar-refractivity contribution in [1.82, 2.24) is 14.0 Å². The van der Waals surface area contributed by atoms with Crippen molar-refractivity contribution in [1.29, 1.82) is 0 Å². The van der Waals surface area contributed by atoms with E-state index in [9.17, 15) is 9.59 Å². The fourth-order valence-corrected chi connectivity index (χ4v) is 2.73. The highest BCUT2D eigenvalue weighted by Crippen LogP contribution is 2.14. The number of carbonyl (C=O) groups is 1. The summed E-state index contributed by atoms with van der Waals surface area (Å²) in [5.74, 6) is -0.353. The molecule has 3 aromatic rings. The number of aryl methyl sites for hydroxylation is 1. The number of halogens is 1. The Balaban J connectivity index is 1.90. The average molecular weight is 376 g/mol. The molecule has 0 aliphatic rings. The number of nitrogens with one attached hydrogen (secondary N) is 1. The summed E-state index contributed by atoms with van der Waals surface area (Å²) in [5, 5.41) is 2.73. The predicted molar refractivity (Wildman–Crippen MR) is 90.4 cm³/mol. The van der Waals surface area contributed by atoms with E-state index in [1.54, 1.807) is 29.9 Å². The summed E-state index contributed by atoms with van der Waals surface area (Å²) in [7, 11) is 1.61. The van der Waals surface area contributed by atoms with Crippen LogP contribution in [0.25, 0.3) is 5.65 Å². The number of hydrogen-bond donors (Lipinski definition) is 2. The zero-order chi connectivity index (χ0) is 16.6. The number of pyridine rings is 2. The predicted octanol–water partition coefficient (Wildman–Crippen LogP) is 1.51. The van der Waals surface area contributed by atoms with Gasteiger partial charge < -0.3 is 20.0 Å². The molecule has 0 atom stereocenters. The molecule has 0 spiro atoms. The summed E-state index contributed by atoms with van der Waals surface area (Å²) in [5.41, 5.74) is 7.82. The molecule has 0 aromatic carbocycles. The number of anilines is 1. The number of aromatic nitrogens is 3. The molecule has 0 fully saturated rings. The Kier molecular flexibility index (Phi) is 4.01. The fraction of sp³-hybridized carbons (Fsp3) is 0.133. The first kappa shape index (κ1) is 15.4. The van der Waals surface area contributed by atoms with Crippen molar-refractivity contribution < 1.29 is 4.79 Å². The largest absolute Gasteiger partial charge is 0.326 e. The van der Waals surface area contributed by atoms with E-state index < -0.39 is 0 Å². The van der Waals surface area contributed by atoms with Crippen molar-refractivity contribution >= 4 is 33.2 Å². The van der Waals surface area contributed by atoms with E-state index in [1.165, 1.54) is 4.57 Å². The van der Waals surface area contributed by atoms with Crippen molar-refractivity contribution in [2.45, 2.75) is 6.54 Å². The molecule has 0 aliphatic carbocycles. The van der Waals surface area contributed by atoms with E-state index in [4.69, 9.17) is 5.73 Å². The van der Waals surface area contributed by atoms with Crippen molar-refractivity contribution in [3.63, 3.8) is 0 Å². The molecule has 23 heavy (non-hydrogen) atoms. The number of amides is 1. The Bertz CT molecular complexity index is 934. The van der Waals surface area contributed by atoms with Gasteiger partial charge in [0.1, 0.15) is 11.3 Å². The third-order valence-electron chi connectivity index (χ3n) is 3.38. The van der Waals surface area contributed by atoms with Gasteiger partial charge >= 0.3 is 0 Å². The van der Waals surface area contributed by atoms with Crippen LogP contribution in [-0.4, -0.2) is 19.9 Å². The minimum atomic E-state index is -0.353. The highest BCUT2D eigenvalue weighted by Gasteiger charge is 2.12. The highest BCUT2D eigenvalue weighted by molar-refractivity contribution is 9.10. The second-order valence-electron chi connectivity index (χ2n) is 5.08. The molecule has 3 heterocycles. The maximum Gasteiger partial charge on any atom is 0.275 e. The number of nitrogens with zero attached hydrogens (tertiary/aromatic N) is 3. The van der Waals surface area contributed by atoms with Gasteiger partial charge in [-0.25, -0.2) is 4.98 Å². The topological polar surface area (TPSA) is 94.4 Å². The van der Waals surface area contributed by atoms with E-state index in [0.29, 0.717) is 22.4 Å². The fourth-order valence-electron chi connectivity index (χ4n) is 2.20. The third-order valence-corrected chi connectivity index (χ3v) is 3.95. The van der Waals surface area contributed by atoms with Gasteiger partial charge in [-0.05, 0) is 33.6 Å². The van der Waals surface area contributed by atoms with Crippen LogP contribution in [0.2, 0.25) is 0 Å². The molecule has 0 bridgehead atoms. The molecule has 0 unspecified atom stereocenters. The van der Waals surface area contributed by atoms with Gasteiger partial charge in [-0.1, -0.05) is 6.07 Å². The monoisotopic (exact) mass is 375 g/mol. The molecule has 118 valence electrons. The molecular weight excluding hydrogens is 362 g/mol. The third kappa shape index (κ3) is 3.03. The molecular formula is C15H14BrN5O2. The summed E-state index contributed by atoms with van der Waals surface area (Å²) in [6, 6.07) is 5.23. The van der Waals surface area contributed by atoms with Crippen molar-refractivity contribution in [2.75, 3.05) is 5.32 Å². The van der Waals surface area contributed by atoms with Gasteiger partial charge in [0.15, 0.2) is 0 Å². The second kappa shape index (κ2) is 5.98. The minimum absolute atomic E-state index is 0.176. The maximum absolute atomic E-state index is 12.3. The first-order valence-corrected chi connectivity index (χ1v) is 7.62. The van der Waals surface area contributed by atoms with Crippen molar-refractivity contribution in [3.8, 4) is 0 Å². The van der Waals surface area contributed by atoms with Gasteiger partial charge in [0.25, 0.3) is 11.5 Å². The van der Waals surface area contributed by atoms with Gasteiger partial charge in [-0.2, -0.15) is 0 Å². The number of carbonyl (C=O) groups excluding carboxylic acids is 1. The van der Waals surface area contributed by atoms with E-state index in [-0.39, 0.29) is 17.2 Å². The first-order chi connectivity index (χ1) is 11.0. The molecule has 1 amide bonds. The molecule has 3 aromatic heterocycles. The van der Waals surface area contributed by atoms with Gasteiger partial charge in [-0.3, -0.25) is 9.59 Å². The second-order valence-corrected chi connectivity index (χ2v) is 5.93. The quantitative estimate of drug-likeness (QED) is 0.725. The molecule has 3 rings (SSSR count). The van der Waals surface area contributed by atoms with Crippen molar-refractivity contribution in [3.05, 3.63) is 62.9 Å². The Hall–Kier alpha value is -2.45. The maximum atomic E-state index is 12.3. The summed E-state index contributed by atoms with van der Waals surface area (Å²) in [6.45, 7) is 0.418. The lowest BCUT2D eigenvalue weighted by Gasteiger charge is -2.06. The van der Waals surface area contributed by atoms with Crippen LogP contribution in [0.4, 0.5) is 5.69 Å². The minimum Gasteiger partial charge on any atom is -0.326 e. The smallest absolute Gasteiger partial charge is 0.275 e. The number of hydrogen-bond acceptors (Lipinski definition) is 4. The Morgan fingerprint density at radius 3 is 2.83 bits per heavy atom. The van der Waals surface area contributed by atoms with E-state index in [1.807, 2.05) is 18.3 Å². The molecule has 0 radical (unpaired) electrons. The molecule has 0 aliphatic heterocycles. The van der Waals surface area contributed by atoms with E-state index >= 15 is 0 Å². The number of rotatable bonds is 3. The van der Waals surface area contributed by atoms with Gasteiger partial charge in [-0.15, -0.1) is 0 Å². The Labute approximate surface area is 139 Å². The number of nitrogens with two attached hydrogens (primary N) is 1. The Morgan fingerprint density at radius 2 is 2.13 bits per heavy atom. The number of fused-ring (bicyclic) bond motifs is 1. The summed E-state index contributed by atoms with van der Waals surface area (Å²) in [6.07, 6.45) is 5.02. The zero-order valence-corrected chi connectivity index (χ0v) is 13.9. The SMILES string of the molecule is Cn1cc(NC(=O)c2cn3cc(CN)ccc3n2)cc(Br)c1=O. The molecule has 8 heteroatoms. The first-order valence-electron chi connectivity index (χ1n) is 6.83. The van der Waals surface area contributed by atoms with Crippen molar-refractivity contribution in [2.24, 2.45) is 12.8 Å². The lowest BCUT2D eigenvalue weighted by molar-refractivity contribution is 0.102. The van der Waals surface area contributed by atoms with Crippen LogP contribution in [-0.2, 0) is 13.6 Å². The van der Waals surface area contributed by atoms with E-state index in [0.717, 1.165) is 5.56 Å². The number of imidazole rings is 1. The molecule has 0 saturated carbocycles. The molecule has 0 saturated heterocycles. The summed E-state index contributed by atoms with van der Waals surface area (Å²) >= 11 is 3.17. The Morgan fingerprint density at radius 1 is 1.35 bits per heavy atom. The van der Waals surface area contributed by atoms with Crippen LogP contribution in [0.1, 0.15) is 16.1 Å². The van der Waals surface area contributed by atoms with Crippen LogP contribution in [0.3, 0.4) is 0 Å². The zero-order valence-electron chi connectivity index (χ0n) is 12.3. The van der Waals surface area contributed by atoms with Gasteiger partial charge in [0.05, 0.1) is 10.2 Å². The van der Waals surface area contributed by atoms with E-state index in [2.05, 4.69) is 26.2 Å². The average Bonchev–Trinajstić information content (AvgIpc) is 2.95. The lowest BCUT2D eigenvalue weighted by Crippen LogP contribution is -2.19. The van der Waals surface area contributed by atoms with Crippen LogP contribution in [0.15, 0.2) is 46.1 Å². The van der Waals surface area contributed by atoms with Crippen LogP contribution in [0, 0.1) is 0 Å². The normalized spacial score (nSPS) is 10.9.